The van der Waals surface area contributed by atoms with Gasteiger partial charge in [0.2, 0.25) is 0 Å². The van der Waals surface area contributed by atoms with E-state index in [0.29, 0.717) is 41.1 Å². The van der Waals surface area contributed by atoms with Crippen molar-refractivity contribution in [1.29, 1.82) is 0 Å². The van der Waals surface area contributed by atoms with Crippen molar-refractivity contribution in [2.24, 2.45) is 0 Å². The summed E-state index contributed by atoms with van der Waals surface area (Å²) in [6.07, 6.45) is 3.49. The van der Waals surface area contributed by atoms with Gasteiger partial charge in [-0.2, -0.15) is 0 Å². The van der Waals surface area contributed by atoms with Crippen LogP contribution in [0.4, 0.5) is 5.82 Å². The predicted molar refractivity (Wildman–Crippen MR) is 118 cm³/mol. The standard InChI is InChI=1S/C24H22N4O2/c29-20-10-5-4-9-18(20)22-26-19-11-13-25-23(27-14-6-15-27)21(19)24(30)28(22)16-12-17-7-2-1-3-8-17/h1-5,7-11,13,29H,6,12,14-16H2. The molecule has 0 spiro atoms. The third-order valence-corrected chi connectivity index (χ3v) is 5.62. The Morgan fingerprint density at radius 2 is 1.73 bits per heavy atom. The van der Waals surface area contributed by atoms with Crippen molar-refractivity contribution in [2.75, 3.05) is 18.0 Å². The van der Waals surface area contributed by atoms with E-state index in [0.717, 1.165) is 25.1 Å². The van der Waals surface area contributed by atoms with E-state index in [-0.39, 0.29) is 11.3 Å². The second-order valence-electron chi connectivity index (χ2n) is 7.51. The van der Waals surface area contributed by atoms with Crippen LogP contribution in [0.2, 0.25) is 0 Å². The summed E-state index contributed by atoms with van der Waals surface area (Å²) in [6, 6.07) is 18.8. The van der Waals surface area contributed by atoms with Crippen LogP contribution in [-0.4, -0.2) is 32.7 Å². The SMILES string of the molecule is O=c1c2c(N3CCC3)nccc2nc(-c2ccccc2O)n1CCc1ccccc1. The molecule has 5 rings (SSSR count). The first kappa shape index (κ1) is 18.4. The zero-order valence-corrected chi connectivity index (χ0v) is 16.5. The maximum atomic E-state index is 13.7. The Kier molecular flexibility index (Phi) is 4.67. The van der Waals surface area contributed by atoms with E-state index in [1.807, 2.05) is 36.4 Å². The Morgan fingerprint density at radius 3 is 2.47 bits per heavy atom. The van der Waals surface area contributed by atoms with Crippen LogP contribution in [0.25, 0.3) is 22.3 Å². The van der Waals surface area contributed by atoms with Gasteiger partial charge in [-0.3, -0.25) is 9.36 Å². The van der Waals surface area contributed by atoms with Crippen molar-refractivity contribution in [3.8, 4) is 17.1 Å². The molecule has 1 aliphatic rings. The van der Waals surface area contributed by atoms with Crippen LogP contribution in [-0.2, 0) is 13.0 Å². The fourth-order valence-electron chi connectivity index (χ4n) is 3.87. The number of hydrogen-bond donors (Lipinski definition) is 1. The Bertz CT molecular complexity index is 1260. The van der Waals surface area contributed by atoms with Crippen LogP contribution in [0.5, 0.6) is 5.75 Å². The largest absolute Gasteiger partial charge is 0.507 e. The quantitative estimate of drug-likeness (QED) is 0.556. The highest BCUT2D eigenvalue weighted by atomic mass is 16.3. The lowest BCUT2D eigenvalue weighted by Crippen LogP contribution is -2.39. The number of hydrogen-bond acceptors (Lipinski definition) is 5. The molecule has 0 aliphatic carbocycles. The van der Waals surface area contributed by atoms with Gasteiger partial charge >= 0.3 is 0 Å². The molecule has 1 N–H and O–H groups in total. The molecule has 2 aromatic carbocycles. The average molecular weight is 398 g/mol. The smallest absolute Gasteiger partial charge is 0.265 e. The number of anilines is 1. The Hall–Kier alpha value is -3.67. The van der Waals surface area contributed by atoms with Gasteiger partial charge in [-0.25, -0.2) is 9.97 Å². The van der Waals surface area contributed by atoms with Gasteiger partial charge in [0.25, 0.3) is 5.56 Å². The third kappa shape index (κ3) is 3.20. The number of pyridine rings is 1. The molecule has 2 aromatic heterocycles. The molecular formula is C24H22N4O2. The van der Waals surface area contributed by atoms with Crippen LogP contribution >= 0.6 is 0 Å². The number of aryl methyl sites for hydroxylation is 1. The summed E-state index contributed by atoms with van der Waals surface area (Å²) in [6.45, 7) is 2.26. The zero-order chi connectivity index (χ0) is 20.5. The van der Waals surface area contributed by atoms with E-state index < -0.39 is 0 Å². The molecule has 0 atom stereocenters. The monoisotopic (exact) mass is 398 g/mol. The maximum absolute atomic E-state index is 13.7. The van der Waals surface area contributed by atoms with Gasteiger partial charge in [0.1, 0.15) is 22.8 Å². The lowest BCUT2D eigenvalue weighted by Gasteiger charge is -2.32. The summed E-state index contributed by atoms with van der Waals surface area (Å²) in [7, 11) is 0. The number of aromatic nitrogens is 3. The summed E-state index contributed by atoms with van der Waals surface area (Å²) in [5.41, 5.74) is 2.17. The van der Waals surface area contributed by atoms with Crippen molar-refractivity contribution < 1.29 is 5.11 Å². The molecule has 150 valence electrons. The van der Waals surface area contributed by atoms with Gasteiger partial charge < -0.3 is 10.0 Å². The van der Waals surface area contributed by atoms with Crippen LogP contribution in [0, 0.1) is 0 Å². The van der Waals surface area contributed by atoms with Crippen molar-refractivity contribution >= 4 is 16.7 Å². The summed E-state index contributed by atoms with van der Waals surface area (Å²) in [5.74, 6) is 1.28. The summed E-state index contributed by atoms with van der Waals surface area (Å²) in [5, 5.41) is 11.0. The van der Waals surface area contributed by atoms with Crippen molar-refractivity contribution in [3.05, 3.63) is 82.8 Å². The van der Waals surface area contributed by atoms with Crippen LogP contribution in [0.3, 0.4) is 0 Å². The Morgan fingerprint density at radius 1 is 0.967 bits per heavy atom. The van der Waals surface area contributed by atoms with Crippen LogP contribution < -0.4 is 10.5 Å². The van der Waals surface area contributed by atoms with E-state index in [2.05, 4.69) is 9.88 Å². The lowest BCUT2D eigenvalue weighted by atomic mass is 10.1. The van der Waals surface area contributed by atoms with E-state index in [9.17, 15) is 9.90 Å². The topological polar surface area (TPSA) is 71.2 Å². The lowest BCUT2D eigenvalue weighted by molar-refractivity contribution is 0.476. The van der Waals surface area contributed by atoms with Gasteiger partial charge in [-0.15, -0.1) is 0 Å². The summed E-state index contributed by atoms with van der Waals surface area (Å²) < 4.78 is 1.68. The number of benzene rings is 2. The number of phenols is 1. The van der Waals surface area contributed by atoms with Gasteiger partial charge in [0.05, 0.1) is 11.1 Å². The minimum absolute atomic E-state index is 0.106. The average Bonchev–Trinajstić information content (AvgIpc) is 2.73. The summed E-state index contributed by atoms with van der Waals surface area (Å²) >= 11 is 0. The first-order chi connectivity index (χ1) is 14.7. The molecule has 3 heterocycles. The maximum Gasteiger partial charge on any atom is 0.265 e. The number of fused-ring (bicyclic) bond motifs is 1. The predicted octanol–water partition coefficient (Wildman–Crippen LogP) is 3.62. The molecule has 30 heavy (non-hydrogen) atoms. The highest BCUT2D eigenvalue weighted by molar-refractivity contribution is 5.90. The zero-order valence-electron chi connectivity index (χ0n) is 16.5. The Balaban J connectivity index is 1.71. The first-order valence-corrected chi connectivity index (χ1v) is 10.2. The fraction of sp³-hybridized carbons (Fsp3) is 0.208. The van der Waals surface area contributed by atoms with Gasteiger partial charge in [0.15, 0.2) is 0 Å². The molecule has 0 radical (unpaired) electrons. The van der Waals surface area contributed by atoms with E-state index in [1.54, 1.807) is 35.0 Å². The van der Waals surface area contributed by atoms with Crippen LogP contribution in [0.1, 0.15) is 12.0 Å². The molecule has 0 bridgehead atoms. The highest BCUT2D eigenvalue weighted by Gasteiger charge is 2.23. The minimum Gasteiger partial charge on any atom is -0.507 e. The highest BCUT2D eigenvalue weighted by Crippen LogP contribution is 2.30. The molecule has 4 aromatic rings. The van der Waals surface area contributed by atoms with E-state index in [4.69, 9.17) is 4.98 Å². The van der Waals surface area contributed by atoms with Crippen molar-refractivity contribution in [3.63, 3.8) is 0 Å². The number of phenolic OH excluding ortho intramolecular Hbond substituents is 1. The first-order valence-electron chi connectivity index (χ1n) is 10.2. The van der Waals surface area contributed by atoms with Crippen molar-refractivity contribution in [2.45, 2.75) is 19.4 Å². The number of rotatable bonds is 5. The molecule has 0 unspecified atom stereocenters. The summed E-state index contributed by atoms with van der Waals surface area (Å²) in [4.78, 5) is 25.1. The van der Waals surface area contributed by atoms with E-state index >= 15 is 0 Å². The minimum atomic E-state index is -0.121. The Labute approximate surface area is 174 Å². The molecule has 1 aliphatic heterocycles. The van der Waals surface area contributed by atoms with Gasteiger partial charge in [-0.05, 0) is 36.6 Å². The van der Waals surface area contributed by atoms with E-state index in [1.165, 1.54) is 0 Å². The molecular weight excluding hydrogens is 376 g/mol. The number of para-hydroxylation sites is 1. The van der Waals surface area contributed by atoms with Crippen LogP contribution in [0.15, 0.2) is 71.7 Å². The second kappa shape index (κ2) is 7.63. The molecule has 1 saturated heterocycles. The number of nitrogens with zero attached hydrogens (tertiary/aromatic N) is 4. The molecule has 1 fully saturated rings. The second-order valence-corrected chi connectivity index (χ2v) is 7.51. The third-order valence-electron chi connectivity index (χ3n) is 5.62. The van der Waals surface area contributed by atoms with Crippen molar-refractivity contribution in [1.82, 2.24) is 14.5 Å². The fourth-order valence-corrected chi connectivity index (χ4v) is 3.87. The van der Waals surface area contributed by atoms with Gasteiger partial charge in [0, 0.05) is 25.8 Å². The molecule has 0 saturated carbocycles. The number of aromatic hydroxyl groups is 1. The molecule has 6 heteroatoms. The van der Waals surface area contributed by atoms with Gasteiger partial charge in [-0.1, -0.05) is 42.5 Å². The molecule has 6 nitrogen and oxygen atoms in total. The molecule has 0 amide bonds. The normalized spacial score (nSPS) is 13.4.